The third kappa shape index (κ3) is 7.33. The lowest BCUT2D eigenvalue weighted by atomic mass is 9.96. The second kappa shape index (κ2) is 17.1. The SMILES string of the molecule is c1cc(-c2cccc(-c3nc(-c4ccc(-c5ccc6c(ccc7ccccc76)c5)cc4)nc4ccccc34)c2)cc(-c2nc(-c3ccc(-c4ccc5c(ccc6ccccc65)c4)cc3)c3ccccc3n2)c1. The molecule has 0 atom stereocenters. The minimum Gasteiger partial charge on any atom is -0.228 e. The number of fused-ring (bicyclic) bond motifs is 8. The molecule has 4 nitrogen and oxygen atoms in total. The van der Waals surface area contributed by atoms with E-state index in [4.69, 9.17) is 19.9 Å². The molecule has 0 bridgehead atoms. The molecule has 72 heavy (non-hydrogen) atoms. The lowest BCUT2D eigenvalue weighted by Gasteiger charge is -2.13. The second-order valence-corrected chi connectivity index (χ2v) is 18.6. The monoisotopic (exact) mass is 914 g/mol. The first kappa shape index (κ1) is 41.3. The summed E-state index contributed by atoms with van der Waals surface area (Å²) in [5.74, 6) is 1.37. The third-order valence-electron chi connectivity index (χ3n) is 14.3. The van der Waals surface area contributed by atoms with E-state index in [1.54, 1.807) is 0 Å². The minimum atomic E-state index is 0.680. The van der Waals surface area contributed by atoms with Crippen molar-refractivity contribution in [3.05, 3.63) is 255 Å². The van der Waals surface area contributed by atoms with Gasteiger partial charge in [-0.3, -0.25) is 0 Å². The van der Waals surface area contributed by atoms with Crippen molar-refractivity contribution >= 4 is 64.9 Å². The Morgan fingerprint density at radius 1 is 0.181 bits per heavy atom. The zero-order valence-electron chi connectivity index (χ0n) is 39.0. The Labute approximate surface area is 416 Å². The van der Waals surface area contributed by atoms with Crippen LogP contribution in [0.3, 0.4) is 0 Å². The Hall–Kier alpha value is -9.64. The molecule has 0 N–H and O–H groups in total. The van der Waals surface area contributed by atoms with Gasteiger partial charge < -0.3 is 0 Å². The Balaban J connectivity index is 0.777. The zero-order valence-corrected chi connectivity index (χ0v) is 39.0. The summed E-state index contributed by atoms with van der Waals surface area (Å²) in [5.41, 5.74) is 14.4. The number of benzene rings is 12. The van der Waals surface area contributed by atoms with Crippen molar-refractivity contribution in [3.8, 4) is 78.7 Å². The molecule has 12 aromatic carbocycles. The normalized spacial score (nSPS) is 11.6. The van der Waals surface area contributed by atoms with E-state index in [2.05, 4.69) is 243 Å². The van der Waals surface area contributed by atoms with Gasteiger partial charge in [-0.2, -0.15) is 0 Å². The standard InChI is InChI=1S/C68H42N4/c1-3-17-57-45(11-1)27-33-53-39-51(35-37-59(53)57)43-23-29-47(30-24-43)65-61-19-5-7-21-63(61)70-68(71-65)56-16-10-14-50(42-56)49-13-9-15-55(41-49)66-62-20-6-8-22-64(62)69-67(72-66)48-31-25-44(26-32-48)52-36-38-60-54(40-52)34-28-46-12-2-4-18-58(46)60/h1-42H. The number of nitrogens with zero attached hydrogens (tertiary/aromatic N) is 4. The van der Waals surface area contributed by atoms with Crippen LogP contribution >= 0.6 is 0 Å². The van der Waals surface area contributed by atoms with E-state index < -0.39 is 0 Å². The fourth-order valence-electron chi connectivity index (χ4n) is 10.6. The fourth-order valence-corrected chi connectivity index (χ4v) is 10.6. The highest BCUT2D eigenvalue weighted by molar-refractivity contribution is 6.09. The van der Waals surface area contributed by atoms with Gasteiger partial charge in [-0.15, -0.1) is 0 Å². The molecule has 334 valence electrons. The summed E-state index contributed by atoms with van der Waals surface area (Å²) in [4.78, 5) is 20.8. The van der Waals surface area contributed by atoms with E-state index in [1.165, 1.54) is 54.2 Å². The average Bonchev–Trinajstić information content (AvgIpc) is 3.46. The Bertz CT molecular complexity index is 4440. The highest BCUT2D eigenvalue weighted by Crippen LogP contribution is 2.37. The predicted molar refractivity (Wildman–Crippen MR) is 301 cm³/mol. The van der Waals surface area contributed by atoms with Gasteiger partial charge in [-0.05, 0) is 113 Å². The number of rotatable bonds is 7. The number of hydrogen-bond acceptors (Lipinski definition) is 4. The van der Waals surface area contributed by atoms with Crippen LogP contribution in [0.15, 0.2) is 255 Å². The molecule has 0 spiro atoms. The molecule has 0 saturated heterocycles. The van der Waals surface area contributed by atoms with Crippen LogP contribution in [0.2, 0.25) is 0 Å². The maximum absolute atomic E-state index is 5.30. The predicted octanol–water partition coefficient (Wildman–Crippen LogP) is 17.9. The summed E-state index contributed by atoms with van der Waals surface area (Å²) >= 11 is 0. The van der Waals surface area contributed by atoms with Crippen LogP contribution in [0, 0.1) is 0 Å². The molecule has 0 radical (unpaired) electrons. The van der Waals surface area contributed by atoms with Crippen LogP contribution < -0.4 is 0 Å². The first-order valence-corrected chi connectivity index (χ1v) is 24.4. The van der Waals surface area contributed by atoms with Crippen molar-refractivity contribution in [2.75, 3.05) is 0 Å². The van der Waals surface area contributed by atoms with E-state index in [0.29, 0.717) is 11.6 Å². The van der Waals surface area contributed by atoms with Gasteiger partial charge in [-0.1, -0.05) is 218 Å². The summed E-state index contributed by atoms with van der Waals surface area (Å²) in [6, 6.07) is 90.7. The van der Waals surface area contributed by atoms with Crippen LogP contribution in [-0.2, 0) is 0 Å². The molecule has 0 aliphatic rings. The van der Waals surface area contributed by atoms with E-state index in [9.17, 15) is 0 Å². The van der Waals surface area contributed by atoms with Gasteiger partial charge in [-0.25, -0.2) is 19.9 Å². The molecule has 0 saturated carbocycles. The molecule has 4 heteroatoms. The highest BCUT2D eigenvalue weighted by Gasteiger charge is 2.16. The lowest BCUT2D eigenvalue weighted by Crippen LogP contribution is -1.96. The summed E-state index contributed by atoms with van der Waals surface area (Å²) in [6.45, 7) is 0. The summed E-state index contributed by atoms with van der Waals surface area (Å²) in [6.07, 6.45) is 0. The van der Waals surface area contributed by atoms with Gasteiger partial charge in [0.1, 0.15) is 0 Å². The van der Waals surface area contributed by atoms with Crippen LogP contribution in [-0.4, -0.2) is 19.9 Å². The van der Waals surface area contributed by atoms with Gasteiger partial charge in [0, 0.05) is 33.0 Å². The third-order valence-corrected chi connectivity index (χ3v) is 14.3. The van der Waals surface area contributed by atoms with Gasteiger partial charge in [0.15, 0.2) is 11.6 Å². The minimum absolute atomic E-state index is 0.680. The molecular formula is C68H42N4. The maximum Gasteiger partial charge on any atom is 0.160 e. The Morgan fingerprint density at radius 3 is 1.10 bits per heavy atom. The molecule has 2 aromatic heterocycles. The van der Waals surface area contributed by atoms with Crippen molar-refractivity contribution < 1.29 is 0 Å². The Kier molecular flexibility index (Phi) is 9.82. The summed E-state index contributed by atoms with van der Waals surface area (Å²) in [5, 5.41) is 12.1. The first-order chi connectivity index (χ1) is 35.6. The van der Waals surface area contributed by atoms with Crippen molar-refractivity contribution in [2.45, 2.75) is 0 Å². The van der Waals surface area contributed by atoms with Gasteiger partial charge in [0.2, 0.25) is 0 Å². The number of aromatic nitrogens is 4. The van der Waals surface area contributed by atoms with Crippen LogP contribution in [0.1, 0.15) is 0 Å². The largest absolute Gasteiger partial charge is 0.228 e. The smallest absolute Gasteiger partial charge is 0.160 e. The fraction of sp³-hybridized carbons (Fsp3) is 0. The van der Waals surface area contributed by atoms with Crippen molar-refractivity contribution in [2.24, 2.45) is 0 Å². The molecular weight excluding hydrogens is 873 g/mol. The molecule has 0 aliphatic heterocycles. The van der Waals surface area contributed by atoms with E-state index in [-0.39, 0.29) is 0 Å². The molecule has 0 unspecified atom stereocenters. The van der Waals surface area contributed by atoms with E-state index in [1.807, 2.05) is 12.1 Å². The van der Waals surface area contributed by atoms with Gasteiger partial charge in [0.05, 0.1) is 22.4 Å². The highest BCUT2D eigenvalue weighted by atomic mass is 14.9. The summed E-state index contributed by atoms with van der Waals surface area (Å²) < 4.78 is 0. The lowest BCUT2D eigenvalue weighted by molar-refractivity contribution is 1.23. The molecule has 14 aromatic rings. The van der Waals surface area contributed by atoms with Crippen LogP contribution in [0.4, 0.5) is 0 Å². The maximum atomic E-state index is 5.30. The topological polar surface area (TPSA) is 51.6 Å². The zero-order chi connectivity index (χ0) is 47.5. The number of hydrogen-bond donors (Lipinski definition) is 0. The quantitative estimate of drug-likeness (QED) is 0.150. The van der Waals surface area contributed by atoms with Crippen molar-refractivity contribution in [1.82, 2.24) is 19.9 Å². The molecule has 0 amide bonds. The second-order valence-electron chi connectivity index (χ2n) is 18.6. The number of para-hydroxylation sites is 2. The van der Waals surface area contributed by atoms with Crippen molar-refractivity contribution in [3.63, 3.8) is 0 Å². The summed E-state index contributed by atoms with van der Waals surface area (Å²) in [7, 11) is 0. The van der Waals surface area contributed by atoms with Gasteiger partial charge in [0.25, 0.3) is 0 Å². The van der Waals surface area contributed by atoms with Crippen LogP contribution in [0.25, 0.3) is 144 Å². The van der Waals surface area contributed by atoms with E-state index >= 15 is 0 Å². The molecule has 0 fully saturated rings. The van der Waals surface area contributed by atoms with Crippen molar-refractivity contribution in [1.29, 1.82) is 0 Å². The molecule has 14 rings (SSSR count). The Morgan fingerprint density at radius 2 is 0.542 bits per heavy atom. The molecule has 0 aliphatic carbocycles. The van der Waals surface area contributed by atoms with Gasteiger partial charge >= 0.3 is 0 Å². The first-order valence-electron chi connectivity index (χ1n) is 24.4. The molecule has 2 heterocycles. The average molecular weight is 915 g/mol. The van der Waals surface area contributed by atoms with E-state index in [0.717, 1.165) is 77.7 Å². The van der Waals surface area contributed by atoms with Crippen LogP contribution in [0.5, 0.6) is 0 Å².